The second kappa shape index (κ2) is 10.8. The summed E-state index contributed by atoms with van der Waals surface area (Å²) in [5, 5.41) is 5.66. The molecule has 9 nitrogen and oxygen atoms in total. The van der Waals surface area contributed by atoms with Crippen molar-refractivity contribution in [2.45, 2.75) is 50.6 Å². The van der Waals surface area contributed by atoms with Crippen LogP contribution in [0.5, 0.6) is 17.2 Å². The second-order valence-electron chi connectivity index (χ2n) is 12.0. The summed E-state index contributed by atoms with van der Waals surface area (Å²) in [6.45, 7) is 5.08. The van der Waals surface area contributed by atoms with E-state index in [1.165, 1.54) is 12.1 Å². The molecule has 0 spiro atoms. The van der Waals surface area contributed by atoms with Crippen LogP contribution in [0.3, 0.4) is 0 Å². The lowest BCUT2D eigenvalue weighted by atomic mass is 10.0. The number of carbonyl (C=O) groups is 2. The van der Waals surface area contributed by atoms with Gasteiger partial charge in [0, 0.05) is 62.0 Å². The molecule has 1 aliphatic carbocycles. The molecular weight excluding hydrogens is 575 g/mol. The Balaban J connectivity index is 1.06. The van der Waals surface area contributed by atoms with Gasteiger partial charge in [-0.2, -0.15) is 13.2 Å². The fourth-order valence-corrected chi connectivity index (χ4v) is 6.42. The van der Waals surface area contributed by atoms with Gasteiger partial charge < -0.3 is 25.0 Å². The molecule has 2 aromatic carbocycles. The van der Waals surface area contributed by atoms with Crippen LogP contribution in [0.2, 0.25) is 0 Å². The minimum Gasteiger partial charge on any atom is -0.487 e. The number of benzene rings is 2. The molecule has 7 rings (SSSR count). The molecule has 4 heterocycles. The number of hydrogen-bond acceptors (Lipinski definition) is 7. The summed E-state index contributed by atoms with van der Waals surface area (Å²) >= 11 is 0. The van der Waals surface area contributed by atoms with E-state index in [0.29, 0.717) is 43.2 Å². The molecule has 230 valence electrons. The summed E-state index contributed by atoms with van der Waals surface area (Å²) in [4.78, 5) is 33.4. The molecule has 3 aliphatic heterocycles. The number of alkyl halides is 3. The molecule has 12 heteroatoms. The van der Waals surface area contributed by atoms with E-state index in [4.69, 9.17) is 9.47 Å². The number of halogens is 3. The molecule has 2 amide bonds. The number of amides is 2. The third-order valence-corrected chi connectivity index (χ3v) is 8.91. The second-order valence-corrected chi connectivity index (χ2v) is 12.0. The van der Waals surface area contributed by atoms with Crippen LogP contribution in [-0.2, 0) is 23.9 Å². The highest BCUT2D eigenvalue weighted by Crippen LogP contribution is 2.56. The van der Waals surface area contributed by atoms with Crippen molar-refractivity contribution in [3.05, 3.63) is 76.0 Å². The normalized spacial score (nSPS) is 22.8. The zero-order chi connectivity index (χ0) is 30.7. The molecule has 1 aromatic heterocycles. The summed E-state index contributed by atoms with van der Waals surface area (Å²) in [7, 11) is 1.99. The molecule has 2 fully saturated rings. The van der Waals surface area contributed by atoms with E-state index in [0.717, 1.165) is 41.6 Å². The molecule has 1 saturated carbocycles. The minimum atomic E-state index is -4.58. The first kappa shape index (κ1) is 28.6. The zero-order valence-corrected chi connectivity index (χ0v) is 24.3. The molecule has 3 atom stereocenters. The average Bonchev–Trinajstić information content (AvgIpc) is 3.49. The van der Waals surface area contributed by atoms with Crippen LogP contribution in [0.15, 0.2) is 42.6 Å². The fraction of sp³-hybridized carbons (Fsp3) is 0.406. The highest BCUT2D eigenvalue weighted by atomic mass is 19.4. The van der Waals surface area contributed by atoms with Gasteiger partial charge in [-0.3, -0.25) is 14.5 Å². The molecule has 1 saturated heterocycles. The van der Waals surface area contributed by atoms with Crippen LogP contribution in [0.1, 0.15) is 50.5 Å². The maximum atomic E-state index is 14.1. The first-order valence-corrected chi connectivity index (χ1v) is 14.7. The van der Waals surface area contributed by atoms with E-state index in [1.54, 1.807) is 12.3 Å². The number of piperazine rings is 1. The van der Waals surface area contributed by atoms with Crippen LogP contribution in [0.4, 0.5) is 19.0 Å². The largest absolute Gasteiger partial charge is 0.487 e. The monoisotopic (exact) mass is 607 g/mol. The molecule has 0 radical (unpaired) electrons. The van der Waals surface area contributed by atoms with Gasteiger partial charge in [0.15, 0.2) is 0 Å². The van der Waals surface area contributed by atoms with Gasteiger partial charge in [-0.05, 0) is 61.9 Å². The van der Waals surface area contributed by atoms with Crippen molar-refractivity contribution in [1.29, 1.82) is 0 Å². The lowest BCUT2D eigenvalue weighted by Gasteiger charge is -2.33. The Morgan fingerprint density at radius 3 is 2.70 bits per heavy atom. The van der Waals surface area contributed by atoms with E-state index in [-0.39, 0.29) is 41.6 Å². The topological polar surface area (TPSA) is 96.0 Å². The highest BCUT2D eigenvalue weighted by molar-refractivity contribution is 5.95. The maximum Gasteiger partial charge on any atom is 0.416 e. The first-order valence-electron chi connectivity index (χ1n) is 14.7. The minimum absolute atomic E-state index is 0.0348. The van der Waals surface area contributed by atoms with Gasteiger partial charge in [0.05, 0.1) is 17.5 Å². The Hall–Kier alpha value is -4.16. The summed E-state index contributed by atoms with van der Waals surface area (Å²) in [6, 6.07) is 8.98. The Kier molecular flexibility index (Phi) is 7.00. The number of aromatic nitrogens is 1. The number of ether oxygens (including phenoxy) is 2. The van der Waals surface area contributed by atoms with E-state index >= 15 is 0 Å². The van der Waals surface area contributed by atoms with E-state index in [1.807, 2.05) is 31.0 Å². The van der Waals surface area contributed by atoms with Gasteiger partial charge in [0.1, 0.15) is 29.2 Å². The van der Waals surface area contributed by atoms with E-state index in [9.17, 15) is 22.8 Å². The number of rotatable bonds is 6. The van der Waals surface area contributed by atoms with Gasteiger partial charge in [0.25, 0.3) is 5.91 Å². The Bertz CT molecular complexity index is 1650. The third-order valence-electron chi connectivity index (χ3n) is 8.91. The molecule has 2 N–H and O–H groups in total. The van der Waals surface area contributed by atoms with Crippen LogP contribution < -0.4 is 20.1 Å². The van der Waals surface area contributed by atoms with Crippen LogP contribution >= 0.6 is 0 Å². The van der Waals surface area contributed by atoms with Crippen LogP contribution in [-0.4, -0.2) is 72.0 Å². The SMILES string of the molecule is Cc1cc(Oc2ccnc3c2CCC(=O)N3)cc2c1OC1C(NC(=O)c3ccc(CN4CCN(C)CC4)c(C(F)(F)F)c3)C21. The number of anilines is 1. The van der Waals surface area contributed by atoms with Gasteiger partial charge in [0.2, 0.25) is 5.91 Å². The van der Waals surface area contributed by atoms with E-state index in [2.05, 4.69) is 20.5 Å². The quantitative estimate of drug-likeness (QED) is 0.427. The molecule has 4 aliphatic rings. The Morgan fingerprint density at radius 1 is 1.14 bits per heavy atom. The predicted molar refractivity (Wildman–Crippen MR) is 155 cm³/mol. The van der Waals surface area contributed by atoms with Crippen molar-refractivity contribution < 1.29 is 32.2 Å². The summed E-state index contributed by atoms with van der Waals surface area (Å²) in [5.74, 6) is 1.61. The fourth-order valence-electron chi connectivity index (χ4n) is 6.42. The van der Waals surface area contributed by atoms with Crippen molar-refractivity contribution in [2.75, 3.05) is 38.5 Å². The predicted octanol–water partition coefficient (Wildman–Crippen LogP) is 4.49. The molecule has 3 aromatic rings. The summed E-state index contributed by atoms with van der Waals surface area (Å²) in [6.07, 6.45) is -2.44. The van der Waals surface area contributed by atoms with Gasteiger partial charge in [-0.15, -0.1) is 0 Å². The third kappa shape index (κ3) is 5.36. The summed E-state index contributed by atoms with van der Waals surface area (Å²) in [5.41, 5.74) is 1.93. The lowest BCUT2D eigenvalue weighted by Crippen LogP contribution is -2.44. The smallest absolute Gasteiger partial charge is 0.416 e. The van der Waals surface area contributed by atoms with E-state index < -0.39 is 17.6 Å². The van der Waals surface area contributed by atoms with Crippen molar-refractivity contribution in [2.24, 2.45) is 0 Å². The Labute approximate surface area is 252 Å². The standard InChI is InChI=1S/C32H32F3N5O4/c1-17-13-20(43-24-7-8-36-30-21(24)5-6-25(41)37-30)15-22-26-27(29(26)44-28(17)22)38-31(42)18-3-4-19(23(14-18)32(33,34)35)16-40-11-9-39(2)10-12-40/h3-4,7-8,13-15,26-27,29H,5-6,9-12,16H2,1-2H3,(H,38,42)(H,36,37,41). The summed E-state index contributed by atoms with van der Waals surface area (Å²) < 4.78 is 54.6. The number of likely N-dealkylation sites (N-methyl/N-ethyl adjacent to an activating group) is 1. The lowest BCUT2D eigenvalue weighted by molar-refractivity contribution is -0.138. The number of pyridine rings is 1. The molecule has 3 unspecified atom stereocenters. The molecule has 44 heavy (non-hydrogen) atoms. The highest BCUT2D eigenvalue weighted by Gasteiger charge is 2.60. The maximum absolute atomic E-state index is 14.1. The number of aryl methyl sites for hydroxylation is 1. The van der Waals surface area contributed by atoms with Gasteiger partial charge >= 0.3 is 6.18 Å². The average molecular weight is 608 g/mol. The number of carbonyl (C=O) groups excluding carboxylic acids is 2. The number of hydrogen-bond donors (Lipinski definition) is 2. The van der Waals surface area contributed by atoms with Crippen molar-refractivity contribution in [3.63, 3.8) is 0 Å². The van der Waals surface area contributed by atoms with Gasteiger partial charge in [-0.1, -0.05) is 6.07 Å². The number of nitrogens with zero attached hydrogens (tertiary/aromatic N) is 3. The van der Waals surface area contributed by atoms with Crippen LogP contribution in [0.25, 0.3) is 0 Å². The van der Waals surface area contributed by atoms with Gasteiger partial charge in [-0.25, -0.2) is 4.98 Å². The first-order chi connectivity index (χ1) is 21.0. The number of nitrogens with one attached hydrogen (secondary N) is 2. The Morgan fingerprint density at radius 2 is 1.93 bits per heavy atom. The van der Waals surface area contributed by atoms with Crippen molar-refractivity contribution in [1.82, 2.24) is 20.1 Å². The van der Waals surface area contributed by atoms with Crippen molar-refractivity contribution in [3.8, 4) is 17.2 Å². The zero-order valence-electron chi connectivity index (χ0n) is 24.3. The molecule has 0 bridgehead atoms. The van der Waals surface area contributed by atoms with Crippen LogP contribution in [0, 0.1) is 6.92 Å². The molecular formula is C32H32F3N5O4. The number of fused-ring (bicyclic) bond motifs is 4. The van der Waals surface area contributed by atoms with Crippen molar-refractivity contribution >= 4 is 17.6 Å².